The van der Waals surface area contributed by atoms with E-state index in [1.807, 2.05) is 54.6 Å². The molecule has 1 heterocycles. The van der Waals surface area contributed by atoms with E-state index in [2.05, 4.69) is 34.1 Å². The Kier molecular flexibility index (Phi) is 8.97. The number of nitrogens with zero attached hydrogens (tertiary/aromatic N) is 2. The highest BCUT2D eigenvalue weighted by molar-refractivity contribution is 6.30. The van der Waals surface area contributed by atoms with Crippen molar-refractivity contribution in [3.05, 3.63) is 101 Å². The summed E-state index contributed by atoms with van der Waals surface area (Å²) in [5.74, 6) is 0.885. The summed E-state index contributed by atoms with van der Waals surface area (Å²) in [6, 6.07) is 26.0. The Labute approximate surface area is 201 Å². The molecule has 3 aromatic carbocycles. The maximum Gasteiger partial charge on any atom is 0.118 e. The standard InChI is InChI=1S/C26H29ClN2O2.ClH/c1-31-24-13-7-20(8-14-24)19-28-15-17-29(18-16-28)25(21-5-3-2-4-6-21)26(30)22-9-11-23(27)12-10-22;/h2-14,25-26,30H,15-19H2,1H3;1H. The van der Waals surface area contributed by atoms with E-state index in [0.29, 0.717) is 5.02 Å². The average molecular weight is 473 g/mol. The SMILES string of the molecule is COc1ccc(CN2CCN(C(c3ccccc3)C(O)c3ccc(Cl)cc3)CC2)cc1.Cl. The van der Waals surface area contributed by atoms with Crippen molar-refractivity contribution in [2.75, 3.05) is 33.3 Å². The summed E-state index contributed by atoms with van der Waals surface area (Å²) in [5, 5.41) is 12.0. The van der Waals surface area contributed by atoms with Crippen LogP contribution in [0.3, 0.4) is 0 Å². The van der Waals surface area contributed by atoms with E-state index in [0.717, 1.165) is 49.6 Å². The van der Waals surface area contributed by atoms with Crippen LogP contribution in [-0.4, -0.2) is 48.2 Å². The van der Waals surface area contributed by atoms with Gasteiger partial charge in [0.2, 0.25) is 0 Å². The molecule has 2 unspecified atom stereocenters. The van der Waals surface area contributed by atoms with Crippen LogP contribution < -0.4 is 4.74 Å². The third-order valence-corrected chi connectivity index (χ3v) is 6.27. The number of benzene rings is 3. The van der Waals surface area contributed by atoms with Gasteiger partial charge in [-0.25, -0.2) is 0 Å². The van der Waals surface area contributed by atoms with E-state index in [4.69, 9.17) is 16.3 Å². The monoisotopic (exact) mass is 472 g/mol. The molecular formula is C26H30Cl2N2O2. The molecule has 1 aliphatic rings. The number of rotatable bonds is 7. The van der Waals surface area contributed by atoms with Gasteiger partial charge in [-0.1, -0.05) is 66.2 Å². The van der Waals surface area contributed by atoms with Gasteiger partial charge in [0.25, 0.3) is 0 Å². The van der Waals surface area contributed by atoms with Crippen LogP contribution in [0.4, 0.5) is 0 Å². The quantitative estimate of drug-likeness (QED) is 0.501. The Morgan fingerprint density at radius 3 is 2.06 bits per heavy atom. The summed E-state index contributed by atoms with van der Waals surface area (Å²) < 4.78 is 5.26. The van der Waals surface area contributed by atoms with Crippen molar-refractivity contribution in [3.8, 4) is 5.75 Å². The summed E-state index contributed by atoms with van der Waals surface area (Å²) in [4.78, 5) is 4.87. The third kappa shape index (κ3) is 6.03. The summed E-state index contributed by atoms with van der Waals surface area (Å²) in [7, 11) is 1.69. The van der Waals surface area contributed by atoms with Gasteiger partial charge in [0.1, 0.15) is 5.75 Å². The largest absolute Gasteiger partial charge is 0.497 e. The first-order valence-electron chi connectivity index (χ1n) is 10.7. The van der Waals surface area contributed by atoms with Crippen LogP contribution in [0, 0.1) is 0 Å². The van der Waals surface area contributed by atoms with Gasteiger partial charge >= 0.3 is 0 Å². The Morgan fingerprint density at radius 1 is 0.844 bits per heavy atom. The third-order valence-electron chi connectivity index (χ3n) is 6.02. The van der Waals surface area contributed by atoms with Crippen molar-refractivity contribution in [1.29, 1.82) is 0 Å². The van der Waals surface area contributed by atoms with Crippen LogP contribution in [0.5, 0.6) is 5.75 Å². The van der Waals surface area contributed by atoms with Gasteiger partial charge in [-0.15, -0.1) is 12.4 Å². The zero-order chi connectivity index (χ0) is 21.6. The van der Waals surface area contributed by atoms with Crippen LogP contribution in [0.2, 0.25) is 5.02 Å². The lowest BCUT2D eigenvalue weighted by atomic mass is 9.93. The molecule has 6 heteroatoms. The lowest BCUT2D eigenvalue weighted by Gasteiger charge is -2.41. The number of hydrogen-bond acceptors (Lipinski definition) is 4. The van der Waals surface area contributed by atoms with Crippen molar-refractivity contribution < 1.29 is 9.84 Å². The molecule has 0 bridgehead atoms. The highest BCUT2D eigenvalue weighted by Crippen LogP contribution is 2.35. The van der Waals surface area contributed by atoms with Gasteiger partial charge in [-0.05, 0) is 41.0 Å². The predicted molar refractivity (Wildman–Crippen MR) is 133 cm³/mol. The summed E-state index contributed by atoms with van der Waals surface area (Å²) in [6.45, 7) is 4.65. The Morgan fingerprint density at radius 2 is 1.47 bits per heavy atom. The molecule has 1 N–H and O–H groups in total. The maximum atomic E-state index is 11.3. The molecule has 1 aliphatic heterocycles. The van der Waals surface area contributed by atoms with E-state index in [1.54, 1.807) is 7.11 Å². The first-order chi connectivity index (χ1) is 15.1. The molecule has 1 saturated heterocycles. The van der Waals surface area contributed by atoms with Crippen LogP contribution in [-0.2, 0) is 6.54 Å². The van der Waals surface area contributed by atoms with Crippen molar-refractivity contribution in [2.24, 2.45) is 0 Å². The van der Waals surface area contributed by atoms with E-state index in [1.165, 1.54) is 5.56 Å². The second kappa shape index (κ2) is 11.7. The van der Waals surface area contributed by atoms with Crippen molar-refractivity contribution >= 4 is 24.0 Å². The fourth-order valence-electron chi connectivity index (χ4n) is 4.27. The molecule has 4 nitrogen and oxygen atoms in total. The molecule has 170 valence electrons. The Hall–Kier alpha value is -2.08. The number of piperazine rings is 1. The van der Waals surface area contributed by atoms with Gasteiger partial charge in [0.15, 0.2) is 0 Å². The van der Waals surface area contributed by atoms with Crippen LogP contribution >= 0.6 is 24.0 Å². The fraction of sp³-hybridized carbons (Fsp3) is 0.308. The summed E-state index contributed by atoms with van der Waals surface area (Å²) in [6.07, 6.45) is -0.618. The first kappa shape index (κ1) is 24.6. The Bertz CT molecular complexity index is 944. The van der Waals surface area contributed by atoms with E-state index >= 15 is 0 Å². The second-order valence-electron chi connectivity index (χ2n) is 8.01. The number of methoxy groups -OCH3 is 1. The number of ether oxygens (including phenoxy) is 1. The highest BCUT2D eigenvalue weighted by atomic mass is 35.5. The first-order valence-corrected chi connectivity index (χ1v) is 11.1. The zero-order valence-electron chi connectivity index (χ0n) is 18.2. The smallest absolute Gasteiger partial charge is 0.118 e. The minimum atomic E-state index is -0.618. The van der Waals surface area contributed by atoms with Crippen LogP contribution in [0.15, 0.2) is 78.9 Å². The molecule has 3 aromatic rings. The maximum absolute atomic E-state index is 11.3. The van der Waals surface area contributed by atoms with Gasteiger partial charge in [-0.2, -0.15) is 0 Å². The van der Waals surface area contributed by atoms with Gasteiger partial charge < -0.3 is 9.84 Å². The molecule has 0 amide bonds. The van der Waals surface area contributed by atoms with Gasteiger partial charge in [-0.3, -0.25) is 9.80 Å². The normalized spacial score (nSPS) is 16.7. The lowest BCUT2D eigenvalue weighted by molar-refractivity contribution is 0.0149. The molecule has 32 heavy (non-hydrogen) atoms. The molecule has 1 fully saturated rings. The molecule has 0 aliphatic carbocycles. The Balaban J connectivity index is 0.00000289. The van der Waals surface area contributed by atoms with E-state index in [-0.39, 0.29) is 18.4 Å². The van der Waals surface area contributed by atoms with Crippen molar-refractivity contribution in [3.63, 3.8) is 0 Å². The minimum absolute atomic E-state index is 0. The molecule has 2 atom stereocenters. The fourth-order valence-corrected chi connectivity index (χ4v) is 4.40. The predicted octanol–water partition coefficient (Wildman–Crippen LogP) is 5.36. The van der Waals surface area contributed by atoms with E-state index in [9.17, 15) is 5.11 Å². The molecule has 0 radical (unpaired) electrons. The number of hydrogen-bond donors (Lipinski definition) is 1. The molecule has 0 saturated carbocycles. The minimum Gasteiger partial charge on any atom is -0.497 e. The summed E-state index contributed by atoms with van der Waals surface area (Å²) >= 11 is 6.06. The van der Waals surface area contributed by atoms with Crippen LogP contribution in [0.1, 0.15) is 28.8 Å². The number of halogens is 2. The number of aliphatic hydroxyl groups excluding tert-OH is 1. The molecule has 0 aromatic heterocycles. The van der Waals surface area contributed by atoms with Crippen molar-refractivity contribution in [2.45, 2.75) is 18.7 Å². The summed E-state index contributed by atoms with van der Waals surface area (Å²) in [5.41, 5.74) is 3.31. The van der Waals surface area contributed by atoms with Crippen molar-refractivity contribution in [1.82, 2.24) is 9.80 Å². The second-order valence-corrected chi connectivity index (χ2v) is 8.45. The molecular weight excluding hydrogens is 443 g/mol. The van der Waals surface area contributed by atoms with E-state index < -0.39 is 6.10 Å². The highest BCUT2D eigenvalue weighted by Gasteiger charge is 2.31. The lowest BCUT2D eigenvalue weighted by Crippen LogP contribution is -2.48. The average Bonchev–Trinajstić information content (AvgIpc) is 2.82. The van der Waals surface area contributed by atoms with Gasteiger partial charge in [0.05, 0.1) is 19.3 Å². The zero-order valence-corrected chi connectivity index (χ0v) is 19.8. The topological polar surface area (TPSA) is 35.9 Å². The van der Waals surface area contributed by atoms with Crippen LogP contribution in [0.25, 0.3) is 0 Å². The van der Waals surface area contributed by atoms with Gasteiger partial charge in [0, 0.05) is 37.7 Å². The molecule has 4 rings (SSSR count). The number of aliphatic hydroxyl groups is 1. The molecule has 0 spiro atoms.